The number of amides is 2. The molecule has 186 valence electrons. The summed E-state index contributed by atoms with van der Waals surface area (Å²) in [6, 6.07) is 6.47. The van der Waals surface area contributed by atoms with Crippen molar-refractivity contribution >= 4 is 17.9 Å². The van der Waals surface area contributed by atoms with Gasteiger partial charge in [0.25, 0.3) is 11.8 Å². The minimum absolute atomic E-state index is 0.134. The molecule has 2 aromatic rings. The molecule has 0 bridgehead atoms. The number of allylic oxidation sites excluding steroid dienone is 1. The predicted molar refractivity (Wildman–Crippen MR) is 130 cm³/mol. The minimum Gasteiger partial charge on any atom is -0.472 e. The molecule has 0 fully saturated rings. The van der Waals surface area contributed by atoms with E-state index in [4.69, 9.17) is 14.2 Å². The lowest BCUT2D eigenvalue weighted by molar-refractivity contribution is 0.0313. The summed E-state index contributed by atoms with van der Waals surface area (Å²) in [5.74, 6) is 0.819. The molecular weight excluding hydrogens is 450 g/mol. The van der Waals surface area contributed by atoms with Crippen LogP contribution in [0.4, 0.5) is 0 Å². The van der Waals surface area contributed by atoms with Crippen molar-refractivity contribution in [2.45, 2.75) is 32.9 Å². The van der Waals surface area contributed by atoms with Gasteiger partial charge >= 0.3 is 0 Å². The van der Waals surface area contributed by atoms with Gasteiger partial charge in [0.2, 0.25) is 12.7 Å². The fourth-order valence-corrected chi connectivity index (χ4v) is 4.22. The van der Waals surface area contributed by atoms with Crippen LogP contribution in [0.25, 0.3) is 6.08 Å². The Kier molecular flexibility index (Phi) is 7.25. The number of aliphatic hydroxyl groups is 1. The molecule has 4 rings (SSSR count). The van der Waals surface area contributed by atoms with Crippen LogP contribution < -0.4 is 14.2 Å². The van der Waals surface area contributed by atoms with Crippen LogP contribution in [0.5, 0.6) is 17.4 Å². The number of carbonyl (C=O) groups excluding carboxylic acids is 2. The van der Waals surface area contributed by atoms with Gasteiger partial charge in [-0.3, -0.25) is 9.59 Å². The first-order chi connectivity index (χ1) is 16.8. The number of benzene rings is 1. The van der Waals surface area contributed by atoms with Crippen molar-refractivity contribution in [3.63, 3.8) is 0 Å². The van der Waals surface area contributed by atoms with Crippen LogP contribution in [0.3, 0.4) is 0 Å². The maximum absolute atomic E-state index is 13.4. The minimum atomic E-state index is -0.432. The number of nitrogens with zero attached hydrogens (tertiary/aromatic N) is 3. The molecule has 0 aliphatic carbocycles. The van der Waals surface area contributed by atoms with E-state index in [9.17, 15) is 14.7 Å². The number of hydrogen-bond donors (Lipinski definition) is 1. The molecule has 0 saturated carbocycles. The number of rotatable bonds is 6. The number of carbonyl (C=O) groups is 2. The Hall–Kier alpha value is -3.59. The summed E-state index contributed by atoms with van der Waals surface area (Å²) in [7, 11) is 1.71. The molecule has 0 unspecified atom stereocenters. The highest BCUT2D eigenvalue weighted by atomic mass is 16.7. The molecule has 0 spiro atoms. The number of pyridine rings is 1. The van der Waals surface area contributed by atoms with Gasteiger partial charge in [-0.25, -0.2) is 4.98 Å². The molecule has 2 amide bonds. The van der Waals surface area contributed by atoms with E-state index in [0.717, 1.165) is 5.56 Å². The largest absolute Gasteiger partial charge is 0.472 e. The van der Waals surface area contributed by atoms with Crippen molar-refractivity contribution in [1.82, 2.24) is 14.8 Å². The van der Waals surface area contributed by atoms with Gasteiger partial charge in [0.1, 0.15) is 11.7 Å². The number of fused-ring (bicyclic) bond motifs is 2. The van der Waals surface area contributed by atoms with Crippen LogP contribution in [0, 0.1) is 5.92 Å². The molecule has 9 heteroatoms. The summed E-state index contributed by atoms with van der Waals surface area (Å²) >= 11 is 0. The number of ether oxygens (including phenoxy) is 3. The summed E-state index contributed by atoms with van der Waals surface area (Å²) in [6.45, 7) is 6.28. The predicted octanol–water partition coefficient (Wildman–Crippen LogP) is 2.84. The Morgan fingerprint density at radius 3 is 2.83 bits per heavy atom. The molecule has 1 aromatic carbocycles. The highest BCUT2D eigenvalue weighted by Crippen LogP contribution is 2.33. The first kappa shape index (κ1) is 24.5. The van der Waals surface area contributed by atoms with E-state index >= 15 is 0 Å². The Bertz CT molecular complexity index is 1130. The molecular formula is C26H31N3O6. The highest BCUT2D eigenvalue weighted by molar-refractivity contribution is 5.97. The van der Waals surface area contributed by atoms with Gasteiger partial charge in [0, 0.05) is 31.3 Å². The van der Waals surface area contributed by atoms with Crippen LogP contribution in [0.1, 0.15) is 47.1 Å². The van der Waals surface area contributed by atoms with Gasteiger partial charge in [-0.2, -0.15) is 0 Å². The summed E-state index contributed by atoms with van der Waals surface area (Å²) < 4.78 is 17.0. The van der Waals surface area contributed by atoms with E-state index in [1.807, 2.05) is 26.0 Å². The molecule has 1 aromatic heterocycles. The van der Waals surface area contributed by atoms with E-state index in [2.05, 4.69) is 4.98 Å². The monoisotopic (exact) mass is 481 g/mol. The third-order valence-corrected chi connectivity index (χ3v) is 6.32. The summed E-state index contributed by atoms with van der Waals surface area (Å²) in [5, 5.41) is 9.79. The van der Waals surface area contributed by atoms with Gasteiger partial charge in [0.15, 0.2) is 11.5 Å². The SMILES string of the molecule is C/C=C/c1cnc2c(c1)C(=O)N([C@@H](C)CO)C[C@@H](C)[C@H](CN(C)C(=O)c1ccc3c(c1)OCO3)O2. The normalized spacial score (nSPS) is 20.1. The van der Waals surface area contributed by atoms with E-state index in [-0.39, 0.29) is 49.6 Å². The first-order valence-electron chi connectivity index (χ1n) is 11.7. The molecule has 0 radical (unpaired) electrons. The van der Waals surface area contributed by atoms with Crippen LogP contribution in [0.2, 0.25) is 0 Å². The Morgan fingerprint density at radius 2 is 2.09 bits per heavy atom. The zero-order valence-electron chi connectivity index (χ0n) is 20.4. The third-order valence-electron chi connectivity index (χ3n) is 6.32. The number of aliphatic hydroxyl groups excluding tert-OH is 1. The van der Waals surface area contributed by atoms with Crippen LogP contribution in [-0.4, -0.2) is 77.4 Å². The maximum Gasteiger partial charge on any atom is 0.259 e. The fraction of sp³-hybridized carbons (Fsp3) is 0.423. The van der Waals surface area contributed by atoms with Gasteiger partial charge in [-0.1, -0.05) is 19.1 Å². The van der Waals surface area contributed by atoms with Crippen molar-refractivity contribution in [1.29, 1.82) is 0 Å². The topological polar surface area (TPSA) is 101 Å². The smallest absolute Gasteiger partial charge is 0.259 e. The summed E-state index contributed by atoms with van der Waals surface area (Å²) in [4.78, 5) is 34.2. The fourth-order valence-electron chi connectivity index (χ4n) is 4.22. The van der Waals surface area contributed by atoms with Crippen molar-refractivity contribution in [3.8, 4) is 17.4 Å². The first-order valence-corrected chi connectivity index (χ1v) is 11.7. The Morgan fingerprint density at radius 1 is 1.31 bits per heavy atom. The molecule has 3 atom stereocenters. The number of aromatic nitrogens is 1. The van der Waals surface area contributed by atoms with Crippen molar-refractivity contribution in [2.75, 3.05) is 33.5 Å². The van der Waals surface area contributed by atoms with E-state index in [1.165, 1.54) is 0 Å². The Labute approximate surface area is 204 Å². The quantitative estimate of drug-likeness (QED) is 0.677. The van der Waals surface area contributed by atoms with E-state index in [1.54, 1.807) is 54.2 Å². The molecule has 35 heavy (non-hydrogen) atoms. The zero-order valence-corrected chi connectivity index (χ0v) is 20.4. The maximum atomic E-state index is 13.4. The van der Waals surface area contributed by atoms with Crippen molar-refractivity contribution in [2.24, 2.45) is 5.92 Å². The summed E-state index contributed by atoms with van der Waals surface area (Å²) in [5.41, 5.74) is 1.60. The van der Waals surface area contributed by atoms with Crippen LogP contribution in [-0.2, 0) is 0 Å². The van der Waals surface area contributed by atoms with E-state index in [0.29, 0.717) is 29.2 Å². The second-order valence-corrected chi connectivity index (χ2v) is 9.00. The zero-order chi connectivity index (χ0) is 25.1. The number of likely N-dealkylation sites (N-methyl/N-ethyl adjacent to an activating group) is 1. The highest BCUT2D eigenvalue weighted by Gasteiger charge is 2.35. The molecule has 2 aliphatic heterocycles. The second kappa shape index (κ2) is 10.4. The second-order valence-electron chi connectivity index (χ2n) is 9.00. The average Bonchev–Trinajstić information content (AvgIpc) is 3.33. The standard InChI is InChI=1S/C26H31N3O6/c1-5-6-18-9-20-24(27-11-18)35-23(16(2)12-29(26(20)32)17(3)14-30)13-28(4)25(31)19-7-8-21-22(10-19)34-15-33-21/h5-11,16-17,23,30H,12-15H2,1-4H3/b6-5+/t16-,17+,23+/m1/s1. The van der Waals surface area contributed by atoms with Crippen LogP contribution >= 0.6 is 0 Å². The molecule has 3 heterocycles. The lowest BCUT2D eigenvalue weighted by atomic mass is 9.99. The molecule has 2 aliphatic rings. The Balaban J connectivity index is 1.61. The van der Waals surface area contributed by atoms with Crippen LogP contribution in [0.15, 0.2) is 36.5 Å². The molecule has 1 N–H and O–H groups in total. The molecule has 0 saturated heterocycles. The molecule has 9 nitrogen and oxygen atoms in total. The lowest BCUT2D eigenvalue weighted by Crippen LogP contribution is -2.50. The third kappa shape index (κ3) is 5.09. The van der Waals surface area contributed by atoms with Gasteiger partial charge in [-0.15, -0.1) is 0 Å². The van der Waals surface area contributed by atoms with Gasteiger partial charge in [-0.05, 0) is 43.7 Å². The number of hydrogen-bond acceptors (Lipinski definition) is 7. The summed E-state index contributed by atoms with van der Waals surface area (Å²) in [6.07, 6.45) is 4.94. The van der Waals surface area contributed by atoms with Crippen molar-refractivity contribution in [3.05, 3.63) is 53.2 Å². The van der Waals surface area contributed by atoms with E-state index < -0.39 is 6.10 Å². The van der Waals surface area contributed by atoms with Gasteiger partial charge < -0.3 is 29.1 Å². The van der Waals surface area contributed by atoms with Crippen molar-refractivity contribution < 1.29 is 28.9 Å². The van der Waals surface area contributed by atoms with Gasteiger partial charge in [0.05, 0.1) is 19.2 Å². The average molecular weight is 482 g/mol. The lowest BCUT2D eigenvalue weighted by Gasteiger charge is -2.37.